The van der Waals surface area contributed by atoms with Crippen LogP contribution in [0.1, 0.15) is 17.2 Å². The lowest BCUT2D eigenvalue weighted by atomic mass is 10.0. The van der Waals surface area contributed by atoms with Crippen molar-refractivity contribution in [2.45, 2.75) is 24.9 Å². The van der Waals surface area contributed by atoms with E-state index in [1.54, 1.807) is 6.07 Å². The summed E-state index contributed by atoms with van der Waals surface area (Å²) >= 11 is 0. The van der Waals surface area contributed by atoms with Crippen molar-refractivity contribution in [1.29, 1.82) is 0 Å². The smallest absolute Gasteiger partial charge is 0.269 e. The lowest BCUT2D eigenvalue weighted by Crippen LogP contribution is -2.43. The number of nitrogens with zero attached hydrogens (tertiary/aromatic N) is 1. The summed E-state index contributed by atoms with van der Waals surface area (Å²) in [4.78, 5) is 10.2. The Balaban J connectivity index is 1.43. The van der Waals surface area contributed by atoms with Crippen LogP contribution < -0.4 is 14.8 Å². The van der Waals surface area contributed by atoms with Gasteiger partial charge in [0.15, 0.2) is 11.5 Å². The van der Waals surface area contributed by atoms with E-state index in [1.165, 1.54) is 24.3 Å². The van der Waals surface area contributed by atoms with E-state index < -0.39 is 23.2 Å². The van der Waals surface area contributed by atoms with Gasteiger partial charge in [0.25, 0.3) is 5.69 Å². The number of nitro benzene ring substituents is 1. The van der Waals surface area contributed by atoms with Gasteiger partial charge in [-0.1, -0.05) is 6.07 Å². The van der Waals surface area contributed by atoms with Crippen LogP contribution in [0.15, 0.2) is 42.5 Å². The number of nitro groups is 1. The molecule has 0 radical (unpaired) electrons. The minimum atomic E-state index is -1.10. The lowest BCUT2D eigenvalue weighted by molar-refractivity contribution is -0.384. The zero-order valence-corrected chi connectivity index (χ0v) is 16.1. The number of aliphatic hydroxyl groups excluding tert-OH is 3. The number of hydrogen-bond donors (Lipinski definition) is 4. The molecule has 1 heterocycles. The van der Waals surface area contributed by atoms with Gasteiger partial charge in [0, 0.05) is 18.7 Å². The highest BCUT2D eigenvalue weighted by molar-refractivity contribution is 5.44. The number of nitrogens with one attached hydrogen (secondary N) is 1. The molecule has 1 aliphatic heterocycles. The standard InChI is InChI=1S/C20H24N2O8/c23-9-17(20(25)14-2-4-15(5-3-14)22(26)27)21-8-16(24)11-28-10-13-1-6-18-19(7-13)30-12-29-18/h1-7,16-17,20-21,23-25H,8-12H2/t16-,17+,20+/m0/s1. The molecule has 162 valence electrons. The molecule has 0 fully saturated rings. The van der Waals surface area contributed by atoms with E-state index in [2.05, 4.69) is 5.32 Å². The summed E-state index contributed by atoms with van der Waals surface area (Å²) in [5.74, 6) is 1.34. The van der Waals surface area contributed by atoms with Crippen molar-refractivity contribution >= 4 is 5.69 Å². The van der Waals surface area contributed by atoms with E-state index in [0.29, 0.717) is 17.1 Å². The van der Waals surface area contributed by atoms with Gasteiger partial charge in [-0.05, 0) is 35.4 Å². The quantitative estimate of drug-likeness (QED) is 0.308. The molecule has 4 N–H and O–H groups in total. The molecule has 30 heavy (non-hydrogen) atoms. The lowest BCUT2D eigenvalue weighted by Gasteiger charge is -2.24. The third-order valence-electron chi connectivity index (χ3n) is 4.65. The van der Waals surface area contributed by atoms with Crippen molar-refractivity contribution in [2.24, 2.45) is 0 Å². The van der Waals surface area contributed by atoms with Crippen LogP contribution in [-0.2, 0) is 11.3 Å². The van der Waals surface area contributed by atoms with Crippen molar-refractivity contribution in [3.63, 3.8) is 0 Å². The predicted molar refractivity (Wildman–Crippen MR) is 105 cm³/mol. The first-order valence-electron chi connectivity index (χ1n) is 9.39. The van der Waals surface area contributed by atoms with Gasteiger partial charge in [0.05, 0.1) is 43.0 Å². The topological polar surface area (TPSA) is 144 Å². The van der Waals surface area contributed by atoms with Gasteiger partial charge < -0.3 is 34.8 Å². The largest absolute Gasteiger partial charge is 0.454 e. The molecule has 1 aliphatic rings. The number of hydrogen-bond acceptors (Lipinski definition) is 9. The monoisotopic (exact) mass is 420 g/mol. The van der Waals surface area contributed by atoms with Crippen LogP contribution in [0.5, 0.6) is 11.5 Å². The second-order valence-electron chi connectivity index (χ2n) is 6.85. The number of benzene rings is 2. The second-order valence-corrected chi connectivity index (χ2v) is 6.85. The number of ether oxygens (including phenoxy) is 3. The van der Waals surface area contributed by atoms with Gasteiger partial charge in [-0.2, -0.15) is 0 Å². The van der Waals surface area contributed by atoms with Crippen molar-refractivity contribution in [1.82, 2.24) is 5.32 Å². The summed E-state index contributed by atoms with van der Waals surface area (Å²) in [5, 5.41) is 43.7. The first-order chi connectivity index (χ1) is 14.5. The van der Waals surface area contributed by atoms with Crippen molar-refractivity contribution in [2.75, 3.05) is 26.6 Å². The molecule has 0 bridgehead atoms. The summed E-state index contributed by atoms with van der Waals surface area (Å²) in [5.41, 5.74) is 1.21. The van der Waals surface area contributed by atoms with E-state index in [-0.39, 0.29) is 38.8 Å². The maximum absolute atomic E-state index is 10.7. The van der Waals surface area contributed by atoms with Gasteiger partial charge in [-0.25, -0.2) is 0 Å². The highest BCUT2D eigenvalue weighted by atomic mass is 16.7. The average molecular weight is 420 g/mol. The van der Waals surface area contributed by atoms with Crippen LogP contribution in [0.25, 0.3) is 0 Å². The second kappa shape index (κ2) is 10.3. The van der Waals surface area contributed by atoms with E-state index in [4.69, 9.17) is 14.2 Å². The maximum Gasteiger partial charge on any atom is 0.269 e. The Morgan fingerprint density at radius 3 is 2.57 bits per heavy atom. The summed E-state index contributed by atoms with van der Waals surface area (Å²) in [6.45, 7) is 0.219. The molecule has 0 saturated heterocycles. The summed E-state index contributed by atoms with van der Waals surface area (Å²) in [7, 11) is 0. The fourth-order valence-corrected chi connectivity index (χ4v) is 2.99. The van der Waals surface area contributed by atoms with Crippen LogP contribution in [0.4, 0.5) is 5.69 Å². The fourth-order valence-electron chi connectivity index (χ4n) is 2.99. The van der Waals surface area contributed by atoms with Gasteiger partial charge in [0.2, 0.25) is 6.79 Å². The molecule has 0 unspecified atom stereocenters. The minimum Gasteiger partial charge on any atom is -0.454 e. The molecule has 3 atom stereocenters. The fraction of sp³-hybridized carbons (Fsp3) is 0.400. The number of aliphatic hydroxyl groups is 3. The third-order valence-corrected chi connectivity index (χ3v) is 4.65. The zero-order valence-electron chi connectivity index (χ0n) is 16.1. The molecule has 0 saturated carbocycles. The Labute approximate surface area is 172 Å². The van der Waals surface area contributed by atoms with E-state index in [9.17, 15) is 25.4 Å². The van der Waals surface area contributed by atoms with Gasteiger partial charge in [-0.3, -0.25) is 10.1 Å². The van der Waals surface area contributed by atoms with Crippen LogP contribution in [0.2, 0.25) is 0 Å². The van der Waals surface area contributed by atoms with Gasteiger partial charge >= 0.3 is 0 Å². The molecule has 3 rings (SSSR count). The maximum atomic E-state index is 10.7. The van der Waals surface area contributed by atoms with E-state index in [0.717, 1.165) is 5.56 Å². The van der Waals surface area contributed by atoms with Crippen molar-refractivity contribution in [3.8, 4) is 11.5 Å². The molecular formula is C20H24N2O8. The molecule has 0 amide bonds. The normalized spacial score (nSPS) is 15.6. The third kappa shape index (κ3) is 5.65. The SMILES string of the molecule is O=[N+]([O-])c1ccc([C@@H](O)[C@@H](CO)NC[C@H](O)COCc2ccc3c(c2)OCO3)cc1. The van der Waals surface area contributed by atoms with E-state index >= 15 is 0 Å². The predicted octanol–water partition coefficient (Wildman–Crippen LogP) is 0.885. The summed E-state index contributed by atoms with van der Waals surface area (Å²) in [6.07, 6.45) is -1.96. The van der Waals surface area contributed by atoms with Gasteiger partial charge in [0.1, 0.15) is 0 Å². The molecule has 2 aromatic carbocycles. The molecule has 0 aliphatic carbocycles. The van der Waals surface area contributed by atoms with Crippen LogP contribution in [0.3, 0.4) is 0 Å². The van der Waals surface area contributed by atoms with Crippen molar-refractivity contribution < 1.29 is 34.5 Å². The molecule has 10 heteroatoms. The molecular weight excluding hydrogens is 396 g/mol. The van der Waals surface area contributed by atoms with Crippen molar-refractivity contribution in [3.05, 3.63) is 63.7 Å². The molecule has 0 aromatic heterocycles. The molecule has 2 aromatic rings. The Morgan fingerprint density at radius 1 is 1.13 bits per heavy atom. The summed E-state index contributed by atoms with van der Waals surface area (Å²) in [6, 6.07) is 10.1. The Kier molecular flexibility index (Phi) is 7.55. The zero-order chi connectivity index (χ0) is 21.5. The Hall–Kier alpha value is -2.76. The Morgan fingerprint density at radius 2 is 1.87 bits per heavy atom. The van der Waals surface area contributed by atoms with Crippen LogP contribution >= 0.6 is 0 Å². The minimum absolute atomic E-state index is 0.0488. The van der Waals surface area contributed by atoms with Crippen LogP contribution in [-0.4, -0.2) is 58.9 Å². The van der Waals surface area contributed by atoms with Gasteiger partial charge in [-0.15, -0.1) is 0 Å². The number of rotatable bonds is 11. The summed E-state index contributed by atoms with van der Waals surface area (Å²) < 4.78 is 16.1. The number of fused-ring (bicyclic) bond motifs is 1. The van der Waals surface area contributed by atoms with E-state index in [1.807, 2.05) is 12.1 Å². The highest BCUT2D eigenvalue weighted by Crippen LogP contribution is 2.32. The number of non-ortho nitro benzene ring substituents is 1. The first kappa shape index (κ1) is 21.9. The molecule has 0 spiro atoms. The average Bonchev–Trinajstić information content (AvgIpc) is 3.22. The highest BCUT2D eigenvalue weighted by Gasteiger charge is 2.22. The van der Waals surface area contributed by atoms with Crippen LogP contribution in [0, 0.1) is 10.1 Å². The molecule has 10 nitrogen and oxygen atoms in total. The first-order valence-corrected chi connectivity index (χ1v) is 9.39. The Bertz CT molecular complexity index is 845.